The van der Waals surface area contributed by atoms with Crippen LogP contribution in [0, 0.1) is 16.7 Å². The van der Waals surface area contributed by atoms with E-state index < -0.39 is 17.5 Å². The lowest BCUT2D eigenvalue weighted by Gasteiger charge is -2.36. The van der Waals surface area contributed by atoms with Crippen molar-refractivity contribution in [3.8, 4) is 0 Å². The second-order valence-electron chi connectivity index (χ2n) is 6.23. The van der Waals surface area contributed by atoms with Gasteiger partial charge in [0.15, 0.2) is 0 Å². The lowest BCUT2D eigenvalue weighted by atomic mass is 9.72. The SMILES string of the molecule is CC(C)(C)CC(C(C)(C)C)C(F)(F)F. The third-order valence-electron chi connectivity index (χ3n) is 2.26. The normalized spacial score (nSPS) is 16.9. The van der Waals surface area contributed by atoms with Gasteiger partial charge < -0.3 is 0 Å². The maximum atomic E-state index is 12.7. The van der Waals surface area contributed by atoms with Crippen molar-refractivity contribution in [2.24, 2.45) is 16.7 Å². The van der Waals surface area contributed by atoms with E-state index in [2.05, 4.69) is 0 Å². The third kappa shape index (κ3) is 4.87. The molecule has 0 amide bonds. The Kier molecular flexibility index (Phi) is 3.69. The summed E-state index contributed by atoms with van der Waals surface area (Å²) in [5.74, 6) is -1.23. The number of halogens is 3. The molecule has 1 atom stereocenters. The Morgan fingerprint density at radius 3 is 1.29 bits per heavy atom. The monoisotopic (exact) mass is 210 g/mol. The van der Waals surface area contributed by atoms with Crippen LogP contribution in [-0.4, -0.2) is 6.18 Å². The molecule has 0 saturated carbocycles. The van der Waals surface area contributed by atoms with E-state index in [4.69, 9.17) is 0 Å². The summed E-state index contributed by atoms with van der Waals surface area (Å²) in [6.07, 6.45) is -3.91. The first-order valence-corrected chi connectivity index (χ1v) is 4.91. The van der Waals surface area contributed by atoms with E-state index in [-0.39, 0.29) is 11.8 Å². The molecule has 3 heteroatoms. The highest BCUT2D eigenvalue weighted by atomic mass is 19.4. The predicted molar refractivity (Wildman–Crippen MR) is 53.1 cm³/mol. The minimum atomic E-state index is -4.09. The quantitative estimate of drug-likeness (QED) is 0.591. The molecule has 0 aliphatic heterocycles. The number of hydrogen-bond donors (Lipinski definition) is 0. The first kappa shape index (κ1) is 13.8. The van der Waals surface area contributed by atoms with Gasteiger partial charge in [0.05, 0.1) is 5.92 Å². The van der Waals surface area contributed by atoms with Gasteiger partial charge in [0.25, 0.3) is 0 Å². The van der Waals surface area contributed by atoms with Gasteiger partial charge in [-0.3, -0.25) is 0 Å². The Labute approximate surface area is 84.9 Å². The van der Waals surface area contributed by atoms with Crippen molar-refractivity contribution in [3.63, 3.8) is 0 Å². The second kappa shape index (κ2) is 3.74. The lowest BCUT2D eigenvalue weighted by molar-refractivity contribution is -0.208. The molecule has 14 heavy (non-hydrogen) atoms. The Hall–Kier alpha value is -0.210. The molecular weight excluding hydrogens is 189 g/mol. The Morgan fingerprint density at radius 2 is 1.21 bits per heavy atom. The minimum Gasteiger partial charge on any atom is -0.171 e. The smallest absolute Gasteiger partial charge is 0.171 e. The summed E-state index contributed by atoms with van der Waals surface area (Å²) in [5.41, 5.74) is -1.00. The molecular formula is C11H21F3. The van der Waals surface area contributed by atoms with Crippen LogP contribution in [0.5, 0.6) is 0 Å². The summed E-state index contributed by atoms with van der Waals surface area (Å²) >= 11 is 0. The van der Waals surface area contributed by atoms with Crippen molar-refractivity contribution in [2.45, 2.75) is 54.1 Å². The molecule has 0 spiro atoms. The summed E-state index contributed by atoms with van der Waals surface area (Å²) in [4.78, 5) is 0. The highest BCUT2D eigenvalue weighted by Gasteiger charge is 2.47. The summed E-state index contributed by atoms with van der Waals surface area (Å²) in [6, 6.07) is 0. The first-order valence-electron chi connectivity index (χ1n) is 4.91. The van der Waals surface area contributed by atoms with E-state index in [1.807, 2.05) is 20.8 Å². The van der Waals surface area contributed by atoms with Crippen LogP contribution < -0.4 is 0 Å². The average molecular weight is 210 g/mol. The van der Waals surface area contributed by atoms with Gasteiger partial charge in [-0.25, -0.2) is 0 Å². The van der Waals surface area contributed by atoms with Gasteiger partial charge in [0.2, 0.25) is 0 Å². The Morgan fingerprint density at radius 1 is 0.857 bits per heavy atom. The van der Waals surface area contributed by atoms with Crippen LogP contribution in [0.15, 0.2) is 0 Å². The van der Waals surface area contributed by atoms with Crippen LogP contribution >= 0.6 is 0 Å². The molecule has 0 radical (unpaired) electrons. The molecule has 0 rings (SSSR count). The molecule has 0 aliphatic rings. The minimum absolute atomic E-state index is 0.181. The summed E-state index contributed by atoms with van der Waals surface area (Å²) in [5, 5.41) is 0. The highest BCUT2D eigenvalue weighted by Crippen LogP contribution is 2.45. The summed E-state index contributed by atoms with van der Waals surface area (Å²) < 4.78 is 38.2. The van der Waals surface area contributed by atoms with E-state index in [9.17, 15) is 13.2 Å². The van der Waals surface area contributed by atoms with Crippen LogP contribution in [0.4, 0.5) is 13.2 Å². The standard InChI is InChI=1S/C11H21F3/c1-9(2,3)7-8(10(4,5)6)11(12,13)14/h8H,7H2,1-6H3. The van der Waals surface area contributed by atoms with Crippen molar-refractivity contribution >= 4 is 0 Å². The molecule has 0 nitrogen and oxygen atoms in total. The average Bonchev–Trinajstić information content (AvgIpc) is 1.75. The molecule has 0 saturated heterocycles. The van der Waals surface area contributed by atoms with Gasteiger partial charge in [-0.15, -0.1) is 0 Å². The van der Waals surface area contributed by atoms with Crippen molar-refractivity contribution in [2.75, 3.05) is 0 Å². The van der Waals surface area contributed by atoms with Crippen LogP contribution in [0.1, 0.15) is 48.0 Å². The molecule has 1 unspecified atom stereocenters. The summed E-state index contributed by atoms with van der Waals surface area (Å²) in [7, 11) is 0. The van der Waals surface area contributed by atoms with Crippen molar-refractivity contribution in [1.82, 2.24) is 0 Å². The molecule has 0 fully saturated rings. The van der Waals surface area contributed by atoms with Crippen molar-refractivity contribution in [1.29, 1.82) is 0 Å². The van der Waals surface area contributed by atoms with Gasteiger partial charge in [0, 0.05) is 0 Å². The zero-order chi connectivity index (χ0) is 11.8. The fourth-order valence-electron chi connectivity index (χ4n) is 1.53. The van der Waals surface area contributed by atoms with Gasteiger partial charge >= 0.3 is 6.18 Å². The van der Waals surface area contributed by atoms with E-state index in [0.29, 0.717) is 0 Å². The van der Waals surface area contributed by atoms with E-state index >= 15 is 0 Å². The van der Waals surface area contributed by atoms with Crippen molar-refractivity contribution in [3.05, 3.63) is 0 Å². The van der Waals surface area contributed by atoms with E-state index in [1.54, 1.807) is 20.8 Å². The van der Waals surface area contributed by atoms with Crippen LogP contribution in [0.25, 0.3) is 0 Å². The van der Waals surface area contributed by atoms with Gasteiger partial charge in [-0.1, -0.05) is 41.5 Å². The first-order chi connectivity index (χ1) is 5.84. The number of alkyl halides is 3. The maximum absolute atomic E-state index is 12.7. The van der Waals surface area contributed by atoms with Crippen LogP contribution in [0.2, 0.25) is 0 Å². The maximum Gasteiger partial charge on any atom is 0.392 e. The number of rotatable bonds is 1. The fraction of sp³-hybridized carbons (Fsp3) is 1.00. The molecule has 0 aliphatic carbocycles. The topological polar surface area (TPSA) is 0 Å². The van der Waals surface area contributed by atoms with Gasteiger partial charge in [0.1, 0.15) is 0 Å². The largest absolute Gasteiger partial charge is 0.392 e. The Bertz CT molecular complexity index is 164. The Balaban J connectivity index is 4.78. The highest BCUT2D eigenvalue weighted by molar-refractivity contribution is 4.83. The van der Waals surface area contributed by atoms with Crippen molar-refractivity contribution < 1.29 is 13.2 Å². The molecule has 0 N–H and O–H groups in total. The van der Waals surface area contributed by atoms with Crippen LogP contribution in [0.3, 0.4) is 0 Å². The lowest BCUT2D eigenvalue weighted by Crippen LogP contribution is -2.37. The second-order valence-corrected chi connectivity index (χ2v) is 6.23. The zero-order valence-electron chi connectivity index (χ0n) is 9.92. The third-order valence-corrected chi connectivity index (χ3v) is 2.26. The fourth-order valence-corrected chi connectivity index (χ4v) is 1.53. The molecule has 0 heterocycles. The molecule has 0 aromatic rings. The molecule has 0 aromatic carbocycles. The molecule has 0 bridgehead atoms. The van der Waals surface area contributed by atoms with Gasteiger partial charge in [-0.05, 0) is 17.3 Å². The number of hydrogen-bond acceptors (Lipinski definition) is 0. The predicted octanol–water partition coefficient (Wildman–Crippen LogP) is 4.65. The zero-order valence-corrected chi connectivity index (χ0v) is 9.92. The van der Waals surface area contributed by atoms with E-state index in [1.165, 1.54) is 0 Å². The summed E-state index contributed by atoms with van der Waals surface area (Å²) in [6.45, 7) is 10.5. The van der Waals surface area contributed by atoms with Gasteiger partial charge in [-0.2, -0.15) is 13.2 Å². The molecule has 86 valence electrons. The van der Waals surface area contributed by atoms with E-state index in [0.717, 1.165) is 0 Å². The molecule has 0 aromatic heterocycles. The van der Waals surface area contributed by atoms with Crippen LogP contribution in [-0.2, 0) is 0 Å².